The highest BCUT2D eigenvalue weighted by Crippen LogP contribution is 2.30. The van der Waals surface area contributed by atoms with Crippen molar-refractivity contribution in [1.82, 2.24) is 24.8 Å². The SMILES string of the molecule is CC(N=O)c1ccc2nnc(Sc3ccc4ncc(N5CCOCC5)cc4c3)n2n1. The highest BCUT2D eigenvalue weighted by molar-refractivity contribution is 7.99. The van der Waals surface area contributed by atoms with Crippen LogP contribution in [0.4, 0.5) is 5.69 Å². The van der Waals surface area contributed by atoms with E-state index >= 15 is 0 Å². The average Bonchev–Trinajstić information content (AvgIpc) is 3.20. The smallest absolute Gasteiger partial charge is 0.217 e. The summed E-state index contributed by atoms with van der Waals surface area (Å²) in [5.74, 6) is 0. The van der Waals surface area contributed by atoms with Crippen LogP contribution < -0.4 is 4.90 Å². The number of benzene rings is 1. The molecule has 3 aromatic heterocycles. The lowest BCUT2D eigenvalue weighted by Gasteiger charge is -2.28. The molecule has 0 amide bonds. The zero-order valence-corrected chi connectivity index (χ0v) is 17.1. The van der Waals surface area contributed by atoms with Crippen LogP contribution in [0.2, 0.25) is 0 Å². The molecule has 1 unspecified atom stereocenters. The van der Waals surface area contributed by atoms with Crippen LogP contribution in [0.15, 0.2) is 57.8 Å². The molecule has 10 heteroatoms. The van der Waals surface area contributed by atoms with Crippen molar-refractivity contribution in [2.75, 3.05) is 31.2 Å². The molecule has 9 nitrogen and oxygen atoms in total. The third kappa shape index (κ3) is 3.59. The number of anilines is 1. The van der Waals surface area contributed by atoms with E-state index in [0.717, 1.165) is 47.8 Å². The normalized spacial score (nSPS) is 15.6. The first kappa shape index (κ1) is 18.9. The van der Waals surface area contributed by atoms with Gasteiger partial charge in [-0.3, -0.25) is 4.98 Å². The Bertz CT molecular complexity index is 1220. The Morgan fingerprint density at radius 1 is 1.13 bits per heavy atom. The van der Waals surface area contributed by atoms with Gasteiger partial charge < -0.3 is 9.64 Å². The molecule has 0 spiro atoms. The van der Waals surface area contributed by atoms with Gasteiger partial charge in [0.15, 0.2) is 5.65 Å². The van der Waals surface area contributed by atoms with Crippen LogP contribution in [0.25, 0.3) is 16.6 Å². The van der Waals surface area contributed by atoms with Crippen molar-refractivity contribution in [3.63, 3.8) is 0 Å². The van der Waals surface area contributed by atoms with Gasteiger partial charge in [-0.05, 0) is 55.1 Å². The Morgan fingerprint density at radius 2 is 2.00 bits per heavy atom. The number of ether oxygens (including phenoxy) is 1. The van der Waals surface area contributed by atoms with Crippen molar-refractivity contribution in [1.29, 1.82) is 0 Å². The van der Waals surface area contributed by atoms with Crippen molar-refractivity contribution in [2.45, 2.75) is 23.0 Å². The summed E-state index contributed by atoms with van der Waals surface area (Å²) >= 11 is 1.46. The summed E-state index contributed by atoms with van der Waals surface area (Å²) in [7, 11) is 0. The number of nitrogens with zero attached hydrogens (tertiary/aromatic N) is 7. The van der Waals surface area contributed by atoms with E-state index in [9.17, 15) is 4.91 Å². The number of fused-ring (bicyclic) bond motifs is 2. The van der Waals surface area contributed by atoms with Crippen LogP contribution in [-0.2, 0) is 4.74 Å². The van der Waals surface area contributed by atoms with Crippen LogP contribution in [-0.4, -0.2) is 51.1 Å². The lowest BCUT2D eigenvalue weighted by atomic mass is 10.2. The highest BCUT2D eigenvalue weighted by atomic mass is 32.2. The minimum atomic E-state index is -0.528. The molecule has 1 fully saturated rings. The molecule has 30 heavy (non-hydrogen) atoms. The van der Waals surface area contributed by atoms with Crippen molar-refractivity contribution >= 4 is 34.0 Å². The van der Waals surface area contributed by atoms with Crippen molar-refractivity contribution < 1.29 is 4.74 Å². The molecule has 1 saturated heterocycles. The van der Waals surface area contributed by atoms with Gasteiger partial charge in [-0.25, -0.2) is 0 Å². The van der Waals surface area contributed by atoms with Gasteiger partial charge in [-0.2, -0.15) is 14.5 Å². The predicted octanol–water partition coefficient (Wildman–Crippen LogP) is 3.49. The second kappa shape index (κ2) is 7.96. The van der Waals surface area contributed by atoms with Gasteiger partial charge in [0.05, 0.1) is 36.3 Å². The Balaban J connectivity index is 1.46. The van der Waals surface area contributed by atoms with Gasteiger partial charge in [0.2, 0.25) is 5.16 Å². The van der Waals surface area contributed by atoms with Gasteiger partial charge >= 0.3 is 0 Å². The van der Waals surface area contributed by atoms with Crippen LogP contribution in [0.1, 0.15) is 18.7 Å². The van der Waals surface area contributed by atoms with Gasteiger partial charge in [0.1, 0.15) is 6.04 Å². The van der Waals surface area contributed by atoms with E-state index in [1.807, 2.05) is 18.3 Å². The average molecular weight is 421 g/mol. The quantitative estimate of drug-likeness (QED) is 0.452. The monoisotopic (exact) mass is 421 g/mol. The predicted molar refractivity (Wildman–Crippen MR) is 114 cm³/mol. The fraction of sp³-hybridized carbons (Fsp3) is 0.300. The molecular formula is C20H19N7O2S. The van der Waals surface area contributed by atoms with Crippen molar-refractivity contribution in [3.05, 3.63) is 53.2 Å². The third-order valence-electron chi connectivity index (χ3n) is 5.06. The first-order chi connectivity index (χ1) is 14.7. The third-order valence-corrected chi connectivity index (χ3v) is 5.99. The standard InChI is InChI=1S/C20H19N7O2S/c1-13(25-28)17-4-5-19-22-23-20(27(19)24-17)30-16-2-3-18-14(11-16)10-15(12-21-18)26-6-8-29-9-7-26/h2-5,10-13H,6-9H2,1H3. The molecule has 4 heterocycles. The molecular weight excluding hydrogens is 402 g/mol. The van der Waals surface area contributed by atoms with E-state index in [2.05, 4.69) is 42.5 Å². The van der Waals surface area contributed by atoms with Crippen LogP contribution in [0, 0.1) is 4.91 Å². The van der Waals surface area contributed by atoms with Gasteiger partial charge in [-0.1, -0.05) is 5.18 Å². The minimum absolute atomic E-state index is 0.528. The summed E-state index contributed by atoms with van der Waals surface area (Å²) in [5, 5.41) is 17.6. The lowest BCUT2D eigenvalue weighted by Crippen LogP contribution is -2.36. The van der Waals surface area contributed by atoms with E-state index in [-0.39, 0.29) is 0 Å². The number of rotatable bonds is 5. The molecule has 1 aliphatic rings. The summed E-state index contributed by atoms with van der Waals surface area (Å²) in [6, 6.07) is 11.3. The topological polar surface area (TPSA) is 97.9 Å². The zero-order valence-electron chi connectivity index (χ0n) is 16.3. The van der Waals surface area contributed by atoms with E-state index in [4.69, 9.17) is 4.74 Å². The molecule has 0 radical (unpaired) electrons. The van der Waals surface area contributed by atoms with E-state index in [1.54, 1.807) is 23.6 Å². The fourth-order valence-corrected chi connectivity index (χ4v) is 4.22. The van der Waals surface area contributed by atoms with Crippen LogP contribution >= 0.6 is 11.8 Å². The second-order valence-electron chi connectivity index (χ2n) is 7.04. The summed E-state index contributed by atoms with van der Waals surface area (Å²) in [6.07, 6.45) is 1.92. The van der Waals surface area contributed by atoms with E-state index < -0.39 is 6.04 Å². The summed E-state index contributed by atoms with van der Waals surface area (Å²) in [4.78, 5) is 18.8. The Kier molecular flexibility index (Phi) is 5.01. The maximum absolute atomic E-state index is 10.9. The number of hydrogen-bond acceptors (Lipinski definition) is 9. The number of nitroso groups, excluding NO2 is 1. The van der Waals surface area contributed by atoms with Crippen molar-refractivity contribution in [3.8, 4) is 0 Å². The zero-order chi connectivity index (χ0) is 20.5. The second-order valence-corrected chi connectivity index (χ2v) is 8.08. The van der Waals surface area contributed by atoms with Crippen molar-refractivity contribution in [2.24, 2.45) is 5.18 Å². The van der Waals surface area contributed by atoms with Crippen LogP contribution in [0.3, 0.4) is 0 Å². The minimum Gasteiger partial charge on any atom is -0.378 e. The number of aromatic nitrogens is 5. The molecule has 5 rings (SSSR count). The Morgan fingerprint density at radius 3 is 2.83 bits per heavy atom. The molecule has 4 aromatic rings. The maximum atomic E-state index is 10.9. The molecule has 1 aromatic carbocycles. The number of hydrogen-bond donors (Lipinski definition) is 0. The first-order valence-corrected chi connectivity index (χ1v) is 10.5. The summed E-state index contributed by atoms with van der Waals surface area (Å²) in [5.41, 5.74) is 3.24. The summed E-state index contributed by atoms with van der Waals surface area (Å²) < 4.78 is 7.09. The van der Waals surface area contributed by atoms with E-state index in [0.29, 0.717) is 16.5 Å². The highest BCUT2D eigenvalue weighted by Gasteiger charge is 2.15. The molecule has 0 N–H and O–H groups in total. The fourth-order valence-electron chi connectivity index (χ4n) is 3.39. The molecule has 0 aliphatic carbocycles. The number of morpholine rings is 1. The van der Waals surface area contributed by atoms with Gasteiger partial charge in [0, 0.05) is 23.4 Å². The lowest BCUT2D eigenvalue weighted by molar-refractivity contribution is 0.122. The van der Waals surface area contributed by atoms with Gasteiger partial charge in [-0.15, -0.1) is 10.2 Å². The molecule has 1 atom stereocenters. The molecule has 152 valence electrons. The molecule has 0 saturated carbocycles. The Hall–Kier alpha value is -3.11. The molecule has 1 aliphatic heterocycles. The maximum Gasteiger partial charge on any atom is 0.217 e. The molecule has 0 bridgehead atoms. The van der Waals surface area contributed by atoms with E-state index in [1.165, 1.54) is 11.8 Å². The first-order valence-electron chi connectivity index (χ1n) is 9.66. The number of pyridine rings is 1. The Labute approximate surface area is 176 Å². The largest absolute Gasteiger partial charge is 0.378 e. The van der Waals surface area contributed by atoms with Gasteiger partial charge in [0.25, 0.3) is 0 Å². The summed E-state index contributed by atoms with van der Waals surface area (Å²) in [6.45, 7) is 4.92. The van der Waals surface area contributed by atoms with Crippen LogP contribution in [0.5, 0.6) is 0 Å².